The number of rotatable bonds is 5. The zero-order valence-electron chi connectivity index (χ0n) is 11.6. The molecule has 0 fully saturated rings. The van der Waals surface area contributed by atoms with E-state index in [4.69, 9.17) is 16.4 Å². The quantitative estimate of drug-likeness (QED) is 0.628. The lowest BCUT2D eigenvalue weighted by molar-refractivity contribution is -0.122. The molecule has 4 nitrogen and oxygen atoms in total. The summed E-state index contributed by atoms with van der Waals surface area (Å²) in [5.74, 6) is -0.172. The van der Waals surface area contributed by atoms with Crippen LogP contribution < -0.4 is 4.90 Å². The zero-order chi connectivity index (χ0) is 15.1. The predicted molar refractivity (Wildman–Crippen MR) is 84.9 cm³/mol. The third-order valence-electron chi connectivity index (χ3n) is 2.85. The van der Waals surface area contributed by atoms with Crippen LogP contribution in [0.3, 0.4) is 0 Å². The first kappa shape index (κ1) is 15.1. The molecule has 0 spiro atoms. The van der Waals surface area contributed by atoms with E-state index in [1.165, 1.54) is 11.1 Å². The second-order valence-electron chi connectivity index (χ2n) is 4.35. The van der Waals surface area contributed by atoms with E-state index in [9.17, 15) is 4.79 Å². The van der Waals surface area contributed by atoms with Crippen LogP contribution in [0.2, 0.25) is 5.02 Å². The van der Waals surface area contributed by atoms with Crippen molar-refractivity contribution in [1.29, 1.82) is 0 Å². The molecule has 0 aliphatic carbocycles. The van der Waals surface area contributed by atoms with Crippen LogP contribution in [0.25, 0.3) is 0 Å². The Morgan fingerprint density at radius 1 is 1.19 bits per heavy atom. The van der Waals surface area contributed by atoms with Gasteiger partial charge in [0.05, 0.1) is 6.21 Å². The van der Waals surface area contributed by atoms with Gasteiger partial charge in [-0.05, 0) is 29.8 Å². The molecule has 0 aromatic heterocycles. The van der Waals surface area contributed by atoms with Crippen LogP contribution in [0.5, 0.6) is 0 Å². The Morgan fingerprint density at radius 3 is 2.52 bits per heavy atom. The fraction of sp³-hybridized carbons (Fsp3) is 0.125. The zero-order valence-corrected chi connectivity index (χ0v) is 12.3. The molecule has 0 bridgehead atoms. The summed E-state index contributed by atoms with van der Waals surface area (Å²) in [4.78, 5) is 18.5. The number of para-hydroxylation sites is 1. The number of carbonyl (C=O) groups excluding carboxylic acids is 1. The number of hydrogen-bond acceptors (Lipinski definition) is 3. The van der Waals surface area contributed by atoms with Gasteiger partial charge in [-0.15, -0.1) is 0 Å². The Hall–Kier alpha value is -2.33. The van der Waals surface area contributed by atoms with E-state index >= 15 is 0 Å². The van der Waals surface area contributed by atoms with Crippen LogP contribution in [-0.2, 0) is 9.63 Å². The van der Waals surface area contributed by atoms with Crippen molar-refractivity contribution in [3.63, 3.8) is 0 Å². The minimum Gasteiger partial charge on any atom is -0.386 e. The number of oxime groups is 1. The molecule has 2 aromatic rings. The van der Waals surface area contributed by atoms with Gasteiger partial charge in [-0.3, -0.25) is 4.79 Å². The largest absolute Gasteiger partial charge is 0.386 e. The van der Waals surface area contributed by atoms with Crippen molar-refractivity contribution in [3.05, 3.63) is 65.2 Å². The molecule has 0 aliphatic heterocycles. The van der Waals surface area contributed by atoms with Crippen molar-refractivity contribution in [2.24, 2.45) is 5.16 Å². The minimum absolute atomic E-state index is 0.116. The van der Waals surface area contributed by atoms with Gasteiger partial charge in [-0.2, -0.15) is 0 Å². The molecule has 5 heteroatoms. The smallest absolute Gasteiger partial charge is 0.267 e. The maximum absolute atomic E-state index is 11.9. The summed E-state index contributed by atoms with van der Waals surface area (Å²) in [6, 6.07) is 16.5. The fourth-order valence-corrected chi connectivity index (χ4v) is 1.76. The topological polar surface area (TPSA) is 41.9 Å². The van der Waals surface area contributed by atoms with Gasteiger partial charge in [0.1, 0.15) is 0 Å². The predicted octanol–water partition coefficient (Wildman–Crippen LogP) is 3.35. The third-order valence-corrected chi connectivity index (χ3v) is 3.10. The number of benzene rings is 2. The molecule has 0 radical (unpaired) electrons. The molecule has 1 amide bonds. The number of nitrogens with zero attached hydrogens (tertiary/aromatic N) is 2. The van der Waals surface area contributed by atoms with E-state index in [0.717, 1.165) is 11.3 Å². The lowest BCUT2D eigenvalue weighted by atomic mass is 10.2. The summed E-state index contributed by atoms with van der Waals surface area (Å²) in [6.07, 6.45) is 1.53. The summed E-state index contributed by atoms with van der Waals surface area (Å²) in [5.41, 5.74) is 1.66. The van der Waals surface area contributed by atoms with Crippen molar-refractivity contribution in [2.75, 3.05) is 18.6 Å². The number of amides is 1. The molecule has 0 saturated carbocycles. The van der Waals surface area contributed by atoms with E-state index in [2.05, 4.69) is 5.16 Å². The maximum atomic E-state index is 11.9. The normalized spacial score (nSPS) is 10.6. The summed E-state index contributed by atoms with van der Waals surface area (Å²) < 4.78 is 0. The van der Waals surface area contributed by atoms with Gasteiger partial charge < -0.3 is 9.74 Å². The maximum Gasteiger partial charge on any atom is 0.267 e. The van der Waals surface area contributed by atoms with Crippen molar-refractivity contribution >= 4 is 29.4 Å². The van der Waals surface area contributed by atoms with Crippen molar-refractivity contribution < 1.29 is 9.63 Å². The highest BCUT2D eigenvalue weighted by atomic mass is 35.5. The molecule has 0 atom stereocenters. The second kappa shape index (κ2) is 7.45. The SMILES string of the molecule is CN(C(=O)CO/N=C\c1ccc(Cl)cc1)c1ccccc1. The van der Waals surface area contributed by atoms with E-state index < -0.39 is 0 Å². The molecule has 0 saturated heterocycles. The number of hydrogen-bond donors (Lipinski definition) is 0. The van der Waals surface area contributed by atoms with Gasteiger partial charge in [-0.1, -0.05) is 47.1 Å². The molecule has 108 valence electrons. The Balaban J connectivity index is 1.83. The van der Waals surface area contributed by atoms with Gasteiger partial charge in [0, 0.05) is 17.8 Å². The third kappa shape index (κ3) is 4.61. The van der Waals surface area contributed by atoms with Crippen molar-refractivity contribution in [3.8, 4) is 0 Å². The van der Waals surface area contributed by atoms with Crippen molar-refractivity contribution in [1.82, 2.24) is 0 Å². The van der Waals surface area contributed by atoms with Crippen molar-refractivity contribution in [2.45, 2.75) is 0 Å². The van der Waals surface area contributed by atoms with E-state index in [-0.39, 0.29) is 12.5 Å². The summed E-state index contributed by atoms with van der Waals surface area (Å²) in [6.45, 7) is -0.116. The highest BCUT2D eigenvalue weighted by Crippen LogP contribution is 2.11. The van der Waals surface area contributed by atoms with Crippen LogP contribution in [0.1, 0.15) is 5.56 Å². The van der Waals surface area contributed by atoms with E-state index in [1.54, 1.807) is 19.2 Å². The Morgan fingerprint density at radius 2 is 1.86 bits per heavy atom. The number of carbonyl (C=O) groups is 1. The average Bonchev–Trinajstić information content (AvgIpc) is 2.53. The van der Waals surface area contributed by atoms with Crippen LogP contribution >= 0.6 is 11.6 Å². The lowest BCUT2D eigenvalue weighted by Crippen LogP contribution is -2.29. The summed E-state index contributed by atoms with van der Waals surface area (Å²) in [5, 5.41) is 4.43. The second-order valence-corrected chi connectivity index (χ2v) is 4.78. The summed E-state index contributed by atoms with van der Waals surface area (Å²) in [7, 11) is 1.70. The lowest BCUT2D eigenvalue weighted by Gasteiger charge is -2.16. The standard InChI is InChI=1S/C16H15ClN2O2/c1-19(15-5-3-2-4-6-15)16(20)12-21-18-11-13-7-9-14(17)10-8-13/h2-11H,12H2,1H3/b18-11-. The monoisotopic (exact) mass is 302 g/mol. The first-order valence-electron chi connectivity index (χ1n) is 6.39. The fourth-order valence-electron chi connectivity index (χ4n) is 1.63. The molecule has 0 heterocycles. The van der Waals surface area contributed by atoms with Gasteiger partial charge in [0.25, 0.3) is 5.91 Å². The van der Waals surface area contributed by atoms with Gasteiger partial charge >= 0.3 is 0 Å². The minimum atomic E-state index is -0.172. The van der Waals surface area contributed by atoms with Crippen LogP contribution in [0.4, 0.5) is 5.69 Å². The van der Waals surface area contributed by atoms with E-state index in [0.29, 0.717) is 5.02 Å². The molecule has 2 aromatic carbocycles. The number of likely N-dealkylation sites (N-methyl/N-ethyl adjacent to an activating group) is 1. The first-order chi connectivity index (χ1) is 10.2. The highest BCUT2D eigenvalue weighted by molar-refractivity contribution is 6.30. The Labute approximate surface area is 128 Å². The average molecular weight is 303 g/mol. The molecule has 0 aliphatic rings. The number of halogens is 1. The Kier molecular flexibility index (Phi) is 5.35. The van der Waals surface area contributed by atoms with Crippen LogP contribution in [0.15, 0.2) is 59.8 Å². The molecular weight excluding hydrogens is 288 g/mol. The number of anilines is 1. The highest BCUT2D eigenvalue weighted by Gasteiger charge is 2.10. The van der Waals surface area contributed by atoms with Crippen LogP contribution in [-0.4, -0.2) is 25.8 Å². The molecule has 2 rings (SSSR count). The summed E-state index contributed by atoms with van der Waals surface area (Å²) >= 11 is 5.78. The Bertz CT molecular complexity index is 612. The molecule has 0 unspecified atom stereocenters. The first-order valence-corrected chi connectivity index (χ1v) is 6.77. The van der Waals surface area contributed by atoms with Gasteiger partial charge in [-0.25, -0.2) is 0 Å². The van der Waals surface area contributed by atoms with E-state index in [1.807, 2.05) is 42.5 Å². The van der Waals surface area contributed by atoms with Gasteiger partial charge in [0.15, 0.2) is 6.61 Å². The van der Waals surface area contributed by atoms with Gasteiger partial charge in [0.2, 0.25) is 0 Å². The molecular formula is C16H15ClN2O2. The van der Waals surface area contributed by atoms with Crippen LogP contribution in [0, 0.1) is 0 Å². The molecule has 0 N–H and O–H groups in total. The molecule has 21 heavy (non-hydrogen) atoms.